The molecule has 0 radical (unpaired) electrons. The van der Waals surface area contributed by atoms with E-state index in [0.29, 0.717) is 18.2 Å². The van der Waals surface area contributed by atoms with Crippen molar-refractivity contribution in [3.63, 3.8) is 0 Å². The minimum Gasteiger partial charge on any atom is -0.390 e. The summed E-state index contributed by atoms with van der Waals surface area (Å²) < 4.78 is 0. The van der Waals surface area contributed by atoms with Crippen LogP contribution in [0.25, 0.3) is 0 Å². The van der Waals surface area contributed by atoms with E-state index in [-0.39, 0.29) is 11.3 Å². The van der Waals surface area contributed by atoms with Crippen molar-refractivity contribution in [2.24, 2.45) is 40.9 Å². The highest BCUT2D eigenvalue weighted by atomic mass is 16.3. The quantitative estimate of drug-likeness (QED) is 0.821. The molecule has 8 atom stereocenters. The first-order valence-electron chi connectivity index (χ1n) is 12.0. The summed E-state index contributed by atoms with van der Waals surface area (Å²) in [6, 6.07) is 0. The molecular formula is C24H37N3O2. The largest absolute Gasteiger partial charge is 0.390 e. The lowest BCUT2D eigenvalue weighted by atomic mass is 9.48. The molecule has 0 aliphatic heterocycles. The zero-order chi connectivity index (χ0) is 20.2. The van der Waals surface area contributed by atoms with E-state index < -0.39 is 5.60 Å². The number of hydrogen-bond acceptors (Lipinski definition) is 4. The molecule has 0 saturated heterocycles. The SMILES string of the molecule is CC[C@@]1(O)CC[C@@H]2C3CC[C@@]4(C)C(CC[C@@H]4C(=O)Cn4nccn4)C3CC[C@@H]2C1. The third-order valence-electron chi connectivity index (χ3n) is 9.91. The molecule has 0 aromatic carbocycles. The Labute approximate surface area is 174 Å². The molecule has 1 aromatic heterocycles. The number of aromatic nitrogens is 3. The predicted molar refractivity (Wildman–Crippen MR) is 111 cm³/mol. The van der Waals surface area contributed by atoms with Crippen molar-refractivity contribution in [1.82, 2.24) is 15.0 Å². The first kappa shape index (κ1) is 19.7. The highest BCUT2D eigenvalue weighted by Gasteiger charge is 2.58. The number of Topliss-reactive ketones (excluding diaryl/α,β-unsaturated/α-hetero) is 1. The second-order valence-electron chi connectivity index (χ2n) is 11.0. The van der Waals surface area contributed by atoms with Crippen molar-refractivity contribution >= 4 is 5.78 Å². The van der Waals surface area contributed by atoms with Gasteiger partial charge >= 0.3 is 0 Å². The Morgan fingerprint density at radius 1 is 1.03 bits per heavy atom. The summed E-state index contributed by atoms with van der Waals surface area (Å²) in [4.78, 5) is 14.7. The van der Waals surface area contributed by atoms with E-state index >= 15 is 0 Å². The molecular weight excluding hydrogens is 362 g/mol. The molecule has 29 heavy (non-hydrogen) atoms. The van der Waals surface area contributed by atoms with Gasteiger partial charge in [-0.3, -0.25) is 4.79 Å². The Balaban J connectivity index is 1.31. The van der Waals surface area contributed by atoms with E-state index in [1.54, 1.807) is 17.2 Å². The van der Waals surface area contributed by atoms with Crippen molar-refractivity contribution in [3.8, 4) is 0 Å². The molecule has 1 N–H and O–H groups in total. The molecule has 3 unspecified atom stereocenters. The number of hydrogen-bond donors (Lipinski definition) is 1. The number of fused-ring (bicyclic) bond motifs is 5. The van der Waals surface area contributed by atoms with Crippen LogP contribution in [-0.4, -0.2) is 31.5 Å². The van der Waals surface area contributed by atoms with Crippen LogP contribution in [0.15, 0.2) is 12.4 Å². The van der Waals surface area contributed by atoms with Crippen LogP contribution >= 0.6 is 0 Å². The minimum absolute atomic E-state index is 0.164. The van der Waals surface area contributed by atoms with Crippen LogP contribution in [0.1, 0.15) is 78.1 Å². The predicted octanol–water partition coefficient (Wildman–Crippen LogP) is 4.26. The van der Waals surface area contributed by atoms with E-state index in [0.717, 1.165) is 49.4 Å². The molecule has 0 bridgehead atoms. The molecule has 4 saturated carbocycles. The standard InChI is InChI=1S/C24H37N3O2/c1-3-24(29)11-9-17-16(14-24)4-5-19-18(17)8-10-23(2)20(19)6-7-21(23)22(28)15-27-25-12-13-26-27/h12-13,16-21,29H,3-11,14-15H2,1-2H3/t16-,17+,18?,19?,20?,21-,23+,24-/m1/s1. The lowest BCUT2D eigenvalue weighted by Gasteiger charge is -2.57. The number of ketones is 1. The minimum atomic E-state index is -0.400. The van der Waals surface area contributed by atoms with Crippen molar-refractivity contribution in [1.29, 1.82) is 0 Å². The summed E-state index contributed by atoms with van der Waals surface area (Å²) in [5, 5.41) is 19.2. The van der Waals surface area contributed by atoms with Crippen molar-refractivity contribution < 1.29 is 9.90 Å². The summed E-state index contributed by atoms with van der Waals surface area (Å²) in [5.74, 6) is 4.38. The number of carbonyl (C=O) groups is 1. The summed E-state index contributed by atoms with van der Waals surface area (Å²) >= 11 is 0. The summed E-state index contributed by atoms with van der Waals surface area (Å²) in [5.41, 5.74) is -0.236. The molecule has 0 spiro atoms. The van der Waals surface area contributed by atoms with Gasteiger partial charge in [0.2, 0.25) is 0 Å². The van der Waals surface area contributed by atoms with Crippen LogP contribution in [0.4, 0.5) is 0 Å². The van der Waals surface area contributed by atoms with Gasteiger partial charge in [-0.1, -0.05) is 13.8 Å². The first-order valence-corrected chi connectivity index (χ1v) is 12.0. The van der Waals surface area contributed by atoms with Crippen LogP contribution in [-0.2, 0) is 11.3 Å². The summed E-state index contributed by atoms with van der Waals surface area (Å²) in [6.45, 7) is 4.89. The van der Waals surface area contributed by atoms with Crippen molar-refractivity contribution in [2.75, 3.05) is 0 Å². The van der Waals surface area contributed by atoms with Crippen LogP contribution < -0.4 is 0 Å². The Morgan fingerprint density at radius 2 is 1.79 bits per heavy atom. The number of aliphatic hydroxyl groups is 1. The Hall–Kier alpha value is -1.23. The van der Waals surface area contributed by atoms with Gasteiger partial charge in [-0.2, -0.15) is 15.0 Å². The van der Waals surface area contributed by atoms with Crippen LogP contribution in [0, 0.1) is 40.9 Å². The molecule has 4 fully saturated rings. The monoisotopic (exact) mass is 399 g/mol. The fraction of sp³-hybridized carbons (Fsp3) is 0.875. The Morgan fingerprint density at radius 3 is 2.55 bits per heavy atom. The average Bonchev–Trinajstić information content (AvgIpc) is 3.34. The van der Waals surface area contributed by atoms with Gasteiger partial charge in [-0.05, 0) is 99.2 Å². The van der Waals surface area contributed by atoms with Gasteiger partial charge in [-0.15, -0.1) is 0 Å². The number of carbonyl (C=O) groups excluding carboxylic acids is 1. The van der Waals surface area contributed by atoms with Gasteiger partial charge in [0.25, 0.3) is 0 Å². The normalized spacial score (nSPS) is 46.6. The van der Waals surface area contributed by atoms with Gasteiger partial charge in [0.15, 0.2) is 5.78 Å². The van der Waals surface area contributed by atoms with Crippen LogP contribution in [0.5, 0.6) is 0 Å². The molecule has 1 aromatic rings. The zero-order valence-electron chi connectivity index (χ0n) is 18.1. The molecule has 160 valence electrons. The lowest BCUT2D eigenvalue weighted by molar-refractivity contribution is -0.133. The highest BCUT2D eigenvalue weighted by molar-refractivity contribution is 5.81. The Bertz CT molecular complexity index is 749. The van der Waals surface area contributed by atoms with Gasteiger partial charge in [-0.25, -0.2) is 0 Å². The summed E-state index contributed by atoms with van der Waals surface area (Å²) in [7, 11) is 0. The van der Waals surface area contributed by atoms with Crippen molar-refractivity contribution in [3.05, 3.63) is 12.4 Å². The molecule has 1 heterocycles. The third kappa shape index (κ3) is 3.19. The lowest BCUT2D eigenvalue weighted by Crippen LogP contribution is -2.51. The fourth-order valence-electron chi connectivity index (χ4n) is 8.39. The van der Waals surface area contributed by atoms with Crippen LogP contribution in [0.2, 0.25) is 0 Å². The molecule has 5 heteroatoms. The molecule has 5 rings (SSSR count). The number of nitrogens with zero attached hydrogens (tertiary/aromatic N) is 3. The van der Waals surface area contributed by atoms with E-state index in [1.165, 1.54) is 38.5 Å². The van der Waals surface area contributed by atoms with E-state index in [9.17, 15) is 9.90 Å². The second kappa shape index (κ2) is 7.18. The van der Waals surface area contributed by atoms with E-state index in [1.807, 2.05) is 0 Å². The third-order valence-corrected chi connectivity index (χ3v) is 9.91. The number of rotatable bonds is 4. The fourth-order valence-corrected chi connectivity index (χ4v) is 8.39. The van der Waals surface area contributed by atoms with Crippen LogP contribution in [0.3, 0.4) is 0 Å². The Kier molecular flexibility index (Phi) is 4.88. The van der Waals surface area contributed by atoms with E-state index in [4.69, 9.17) is 0 Å². The topological polar surface area (TPSA) is 68.0 Å². The van der Waals surface area contributed by atoms with Gasteiger partial charge in [0.05, 0.1) is 18.0 Å². The highest BCUT2D eigenvalue weighted by Crippen LogP contribution is 2.64. The summed E-state index contributed by atoms with van der Waals surface area (Å²) in [6.07, 6.45) is 14.8. The smallest absolute Gasteiger partial charge is 0.159 e. The molecule has 5 nitrogen and oxygen atoms in total. The first-order chi connectivity index (χ1) is 13.9. The maximum absolute atomic E-state index is 13.1. The van der Waals surface area contributed by atoms with Gasteiger partial charge in [0, 0.05) is 5.92 Å². The zero-order valence-corrected chi connectivity index (χ0v) is 18.1. The maximum atomic E-state index is 13.1. The molecule has 0 amide bonds. The van der Waals surface area contributed by atoms with E-state index in [2.05, 4.69) is 24.0 Å². The average molecular weight is 400 g/mol. The van der Waals surface area contributed by atoms with Crippen molar-refractivity contribution in [2.45, 2.75) is 90.2 Å². The second-order valence-corrected chi connectivity index (χ2v) is 11.0. The molecule has 4 aliphatic carbocycles. The van der Waals surface area contributed by atoms with Gasteiger partial charge < -0.3 is 5.11 Å². The van der Waals surface area contributed by atoms with Gasteiger partial charge in [0.1, 0.15) is 6.54 Å². The maximum Gasteiger partial charge on any atom is 0.159 e. The molecule has 4 aliphatic rings.